The number of rotatable bonds is 6. The van der Waals surface area contributed by atoms with E-state index >= 15 is 0 Å². The maximum atomic E-state index is 9.02. The summed E-state index contributed by atoms with van der Waals surface area (Å²) in [5, 5.41) is 11.9. The molecular formula is C19H17N5OS. The van der Waals surface area contributed by atoms with Crippen molar-refractivity contribution in [1.82, 2.24) is 10.4 Å². The minimum absolute atomic E-state index is 0.110. The predicted molar refractivity (Wildman–Crippen MR) is 102 cm³/mol. The van der Waals surface area contributed by atoms with E-state index in [1.54, 1.807) is 29.7 Å². The standard InChI is InChI=1S/C19H17N5OS/c20-11-17(24-22)18(21)14-4-2-6-16(10-14)25-12-13-3-1-5-15(9-13)19-23-7-8-26-19/h1-10,24H,12,21-22H2/b18-17-. The predicted octanol–water partition coefficient (Wildman–Crippen LogP) is 3.00. The summed E-state index contributed by atoms with van der Waals surface area (Å²) in [6, 6.07) is 17.2. The molecule has 0 saturated carbocycles. The van der Waals surface area contributed by atoms with Crippen LogP contribution in [0.1, 0.15) is 11.1 Å². The highest BCUT2D eigenvalue weighted by Crippen LogP contribution is 2.24. The molecular weight excluding hydrogens is 346 g/mol. The molecule has 1 heterocycles. The smallest absolute Gasteiger partial charge is 0.151 e. The molecule has 1 aromatic heterocycles. The Hall–Kier alpha value is -3.34. The lowest BCUT2D eigenvalue weighted by molar-refractivity contribution is 0.306. The normalized spacial score (nSPS) is 11.4. The lowest BCUT2D eigenvalue weighted by Gasteiger charge is -2.10. The van der Waals surface area contributed by atoms with Gasteiger partial charge in [0.05, 0.1) is 5.70 Å². The van der Waals surface area contributed by atoms with Gasteiger partial charge in [-0.15, -0.1) is 11.3 Å². The number of nitrogens with zero attached hydrogens (tertiary/aromatic N) is 2. The fourth-order valence-electron chi connectivity index (χ4n) is 2.39. The highest BCUT2D eigenvalue weighted by Gasteiger charge is 2.07. The molecule has 0 spiro atoms. The Morgan fingerprint density at radius 2 is 2.08 bits per heavy atom. The minimum Gasteiger partial charge on any atom is -0.489 e. The summed E-state index contributed by atoms with van der Waals surface area (Å²) in [6.07, 6.45) is 1.79. The Balaban J connectivity index is 1.75. The molecule has 3 aromatic rings. The number of aromatic nitrogens is 1. The van der Waals surface area contributed by atoms with Gasteiger partial charge in [0.1, 0.15) is 23.4 Å². The zero-order valence-corrected chi connectivity index (χ0v) is 14.7. The van der Waals surface area contributed by atoms with E-state index in [4.69, 9.17) is 21.6 Å². The van der Waals surface area contributed by atoms with Crippen LogP contribution < -0.4 is 21.7 Å². The molecule has 0 fully saturated rings. The van der Waals surface area contributed by atoms with Gasteiger partial charge in [0.2, 0.25) is 0 Å². The molecule has 6 nitrogen and oxygen atoms in total. The number of benzene rings is 2. The molecule has 3 rings (SSSR count). The van der Waals surface area contributed by atoms with Crippen LogP contribution in [0.25, 0.3) is 16.3 Å². The van der Waals surface area contributed by atoms with E-state index in [0.29, 0.717) is 17.9 Å². The van der Waals surface area contributed by atoms with E-state index in [0.717, 1.165) is 16.1 Å². The number of nitriles is 1. The molecule has 0 aliphatic carbocycles. The van der Waals surface area contributed by atoms with Crippen molar-refractivity contribution in [3.05, 3.63) is 76.9 Å². The number of ether oxygens (including phenoxy) is 1. The maximum absolute atomic E-state index is 9.02. The van der Waals surface area contributed by atoms with Gasteiger partial charge >= 0.3 is 0 Å². The van der Waals surface area contributed by atoms with Gasteiger partial charge in [0, 0.05) is 22.7 Å². The van der Waals surface area contributed by atoms with Gasteiger partial charge in [-0.1, -0.05) is 30.3 Å². The van der Waals surface area contributed by atoms with E-state index in [1.807, 2.05) is 41.8 Å². The lowest BCUT2D eigenvalue weighted by atomic mass is 10.1. The third kappa shape index (κ3) is 4.00. The first-order valence-corrected chi connectivity index (χ1v) is 8.67. The topological polar surface area (TPSA) is 110 Å². The van der Waals surface area contributed by atoms with Crippen molar-refractivity contribution in [3.63, 3.8) is 0 Å². The van der Waals surface area contributed by atoms with E-state index in [2.05, 4.69) is 16.5 Å². The first-order chi connectivity index (χ1) is 12.7. The van der Waals surface area contributed by atoms with Crippen LogP contribution in [0.4, 0.5) is 0 Å². The zero-order valence-electron chi connectivity index (χ0n) is 13.8. The fraction of sp³-hybridized carbons (Fsp3) is 0.0526. The zero-order chi connectivity index (χ0) is 18.4. The van der Waals surface area contributed by atoms with E-state index in [9.17, 15) is 0 Å². The molecule has 130 valence electrons. The van der Waals surface area contributed by atoms with Crippen LogP contribution in [0.5, 0.6) is 5.75 Å². The molecule has 0 radical (unpaired) electrons. The summed E-state index contributed by atoms with van der Waals surface area (Å²) >= 11 is 1.60. The second-order valence-corrected chi connectivity index (χ2v) is 6.29. The fourth-order valence-corrected chi connectivity index (χ4v) is 3.03. The summed E-state index contributed by atoms with van der Waals surface area (Å²) < 4.78 is 5.87. The van der Waals surface area contributed by atoms with Crippen LogP contribution in [0.15, 0.2) is 65.8 Å². The summed E-state index contributed by atoms with van der Waals surface area (Å²) in [5.41, 5.74) is 11.4. The molecule has 5 N–H and O–H groups in total. The highest BCUT2D eigenvalue weighted by atomic mass is 32.1. The third-order valence-corrected chi connectivity index (χ3v) is 4.50. The van der Waals surface area contributed by atoms with Crippen molar-refractivity contribution in [1.29, 1.82) is 5.26 Å². The van der Waals surface area contributed by atoms with Crippen molar-refractivity contribution < 1.29 is 4.74 Å². The van der Waals surface area contributed by atoms with Crippen LogP contribution in [-0.2, 0) is 6.61 Å². The molecule has 0 aliphatic heterocycles. The molecule has 0 aliphatic rings. The maximum Gasteiger partial charge on any atom is 0.151 e. The Bertz CT molecular complexity index is 960. The average molecular weight is 363 g/mol. The van der Waals surface area contributed by atoms with Crippen molar-refractivity contribution in [2.75, 3.05) is 0 Å². The molecule has 7 heteroatoms. The van der Waals surface area contributed by atoms with Crippen molar-refractivity contribution >= 4 is 17.0 Å². The van der Waals surface area contributed by atoms with E-state index in [1.165, 1.54) is 0 Å². The van der Waals surface area contributed by atoms with Crippen LogP contribution in [0.2, 0.25) is 0 Å². The van der Waals surface area contributed by atoms with Crippen molar-refractivity contribution in [3.8, 4) is 22.4 Å². The molecule has 0 atom stereocenters. The van der Waals surface area contributed by atoms with Crippen LogP contribution in [-0.4, -0.2) is 4.98 Å². The Morgan fingerprint density at radius 1 is 1.23 bits per heavy atom. The van der Waals surface area contributed by atoms with Crippen molar-refractivity contribution in [2.45, 2.75) is 6.61 Å². The number of thiazole rings is 1. The van der Waals surface area contributed by atoms with Gasteiger partial charge in [-0.2, -0.15) is 5.26 Å². The Labute approximate surface area is 155 Å². The van der Waals surface area contributed by atoms with Gasteiger partial charge in [-0.3, -0.25) is 0 Å². The van der Waals surface area contributed by atoms with Crippen LogP contribution in [0, 0.1) is 11.3 Å². The quantitative estimate of drug-likeness (QED) is 0.353. The minimum atomic E-state index is 0.110. The Morgan fingerprint density at radius 3 is 2.81 bits per heavy atom. The van der Waals surface area contributed by atoms with Gasteiger partial charge < -0.3 is 15.9 Å². The second-order valence-electron chi connectivity index (χ2n) is 5.40. The SMILES string of the molecule is N#C/C(NN)=C(/N)c1cccc(OCc2cccc(-c3nccs3)c2)c1. The van der Waals surface area contributed by atoms with Gasteiger partial charge in [0.15, 0.2) is 5.70 Å². The number of nitrogens with one attached hydrogen (secondary N) is 1. The average Bonchev–Trinajstić information content (AvgIpc) is 3.23. The molecule has 0 amide bonds. The summed E-state index contributed by atoms with van der Waals surface area (Å²) in [6.45, 7) is 0.409. The summed E-state index contributed by atoms with van der Waals surface area (Å²) in [4.78, 5) is 4.33. The van der Waals surface area contributed by atoms with Gasteiger partial charge in [0.25, 0.3) is 0 Å². The van der Waals surface area contributed by atoms with Crippen LogP contribution in [0.3, 0.4) is 0 Å². The summed E-state index contributed by atoms with van der Waals surface area (Å²) in [7, 11) is 0. The monoisotopic (exact) mass is 363 g/mol. The largest absolute Gasteiger partial charge is 0.489 e. The van der Waals surface area contributed by atoms with Crippen LogP contribution >= 0.6 is 11.3 Å². The first kappa shape index (κ1) is 17.5. The number of hydrogen-bond acceptors (Lipinski definition) is 7. The lowest BCUT2D eigenvalue weighted by Crippen LogP contribution is -2.23. The Kier molecular flexibility index (Phi) is 5.49. The number of allylic oxidation sites excluding steroid dienone is 1. The number of hydrogen-bond donors (Lipinski definition) is 3. The molecule has 0 saturated heterocycles. The first-order valence-electron chi connectivity index (χ1n) is 7.80. The van der Waals surface area contributed by atoms with Gasteiger partial charge in [-0.25, -0.2) is 10.8 Å². The number of hydrazine groups is 1. The van der Waals surface area contributed by atoms with Crippen molar-refractivity contribution in [2.24, 2.45) is 11.6 Å². The van der Waals surface area contributed by atoms with E-state index < -0.39 is 0 Å². The second kappa shape index (κ2) is 8.16. The number of nitrogens with two attached hydrogens (primary N) is 2. The highest BCUT2D eigenvalue weighted by molar-refractivity contribution is 7.13. The molecule has 2 aromatic carbocycles. The summed E-state index contributed by atoms with van der Waals surface area (Å²) in [5.74, 6) is 5.95. The molecule has 0 bridgehead atoms. The van der Waals surface area contributed by atoms with Gasteiger partial charge in [-0.05, 0) is 23.8 Å². The molecule has 0 unspecified atom stereocenters. The van der Waals surface area contributed by atoms with E-state index in [-0.39, 0.29) is 11.4 Å². The third-order valence-electron chi connectivity index (χ3n) is 3.68. The molecule has 26 heavy (non-hydrogen) atoms.